The molecule has 0 bridgehead atoms. The van der Waals surface area contributed by atoms with Crippen LogP contribution in [0.2, 0.25) is 0 Å². The fourth-order valence-electron chi connectivity index (χ4n) is 1.56. The summed E-state index contributed by atoms with van der Waals surface area (Å²) in [5.41, 5.74) is 1.95. The molecule has 0 amide bonds. The van der Waals surface area contributed by atoms with Crippen LogP contribution in [0.4, 0.5) is 0 Å². The summed E-state index contributed by atoms with van der Waals surface area (Å²) in [6, 6.07) is 17.7. The van der Waals surface area contributed by atoms with E-state index in [1.807, 2.05) is 54.6 Å². The average Bonchev–Trinajstić information content (AvgIpc) is 2.47. The van der Waals surface area contributed by atoms with Crippen LogP contribution in [0, 0.1) is 11.8 Å². The summed E-state index contributed by atoms with van der Waals surface area (Å²) < 4.78 is 0. The Morgan fingerprint density at radius 3 is 2.15 bits per heavy atom. The maximum Gasteiger partial charge on any atom is 0.304 e. The third kappa shape index (κ3) is 4.83. The molecule has 2 rings (SSSR count). The summed E-state index contributed by atoms with van der Waals surface area (Å²) in [6.07, 6.45) is 0.181. The van der Waals surface area contributed by atoms with E-state index in [0.717, 1.165) is 16.0 Å². The zero-order valence-electron chi connectivity index (χ0n) is 10.9. The molecule has 0 saturated carbocycles. The highest BCUT2D eigenvalue weighted by molar-refractivity contribution is 7.99. The first kappa shape index (κ1) is 14.2. The molecule has 0 spiro atoms. The van der Waals surface area contributed by atoms with Crippen molar-refractivity contribution in [1.29, 1.82) is 0 Å². The quantitative estimate of drug-likeness (QED) is 0.687. The van der Waals surface area contributed by atoms with E-state index < -0.39 is 5.97 Å². The van der Waals surface area contributed by atoms with Crippen LogP contribution in [0.3, 0.4) is 0 Å². The number of carboxylic acid groups (broad SMARTS) is 1. The predicted molar refractivity (Wildman–Crippen MR) is 81.8 cm³/mol. The standard InChI is InChI=1S/C17H14O2S/c18-17(19)12-13-20-16-10-8-15(9-11-16)7-6-14-4-2-1-3-5-14/h1-5,8-11H,12-13H2,(H,18,19). The second kappa shape index (κ2) is 7.42. The minimum atomic E-state index is -0.761. The van der Waals surface area contributed by atoms with Crippen molar-refractivity contribution in [3.63, 3.8) is 0 Å². The van der Waals surface area contributed by atoms with E-state index in [-0.39, 0.29) is 6.42 Å². The highest BCUT2D eigenvalue weighted by atomic mass is 32.2. The van der Waals surface area contributed by atoms with E-state index in [9.17, 15) is 4.79 Å². The van der Waals surface area contributed by atoms with Gasteiger partial charge < -0.3 is 5.11 Å². The topological polar surface area (TPSA) is 37.3 Å². The van der Waals surface area contributed by atoms with E-state index in [0.29, 0.717) is 5.75 Å². The number of hydrogen-bond acceptors (Lipinski definition) is 2. The van der Waals surface area contributed by atoms with Gasteiger partial charge in [-0.05, 0) is 36.4 Å². The van der Waals surface area contributed by atoms with Gasteiger partial charge in [0.1, 0.15) is 0 Å². The van der Waals surface area contributed by atoms with Gasteiger partial charge in [0, 0.05) is 21.8 Å². The molecule has 1 N–H and O–H groups in total. The summed E-state index contributed by atoms with van der Waals surface area (Å²) in [6.45, 7) is 0. The van der Waals surface area contributed by atoms with Gasteiger partial charge in [-0.25, -0.2) is 0 Å². The SMILES string of the molecule is O=C(O)CCSc1ccc(C#Cc2ccccc2)cc1. The summed E-state index contributed by atoms with van der Waals surface area (Å²) in [7, 11) is 0. The molecule has 100 valence electrons. The zero-order valence-corrected chi connectivity index (χ0v) is 11.7. The minimum Gasteiger partial charge on any atom is -0.481 e. The first-order valence-corrected chi connectivity index (χ1v) is 7.24. The number of carbonyl (C=O) groups is 1. The molecule has 2 nitrogen and oxygen atoms in total. The van der Waals surface area contributed by atoms with Crippen LogP contribution in [0.1, 0.15) is 17.5 Å². The summed E-state index contributed by atoms with van der Waals surface area (Å²) in [4.78, 5) is 11.5. The molecule has 0 fully saturated rings. The van der Waals surface area contributed by atoms with Gasteiger partial charge in [0.15, 0.2) is 0 Å². The molecule has 0 aliphatic heterocycles. The lowest BCUT2D eigenvalue weighted by Crippen LogP contribution is -1.95. The monoisotopic (exact) mass is 282 g/mol. The Bertz CT molecular complexity index is 622. The number of aliphatic carboxylic acids is 1. The van der Waals surface area contributed by atoms with Gasteiger partial charge in [-0.15, -0.1) is 11.8 Å². The number of rotatable bonds is 4. The van der Waals surface area contributed by atoms with Gasteiger partial charge in [0.05, 0.1) is 6.42 Å². The molecule has 20 heavy (non-hydrogen) atoms. The van der Waals surface area contributed by atoms with Crippen LogP contribution < -0.4 is 0 Å². The lowest BCUT2D eigenvalue weighted by atomic mass is 10.2. The van der Waals surface area contributed by atoms with Gasteiger partial charge in [-0.3, -0.25) is 4.79 Å². The van der Waals surface area contributed by atoms with Crippen LogP contribution in [0.25, 0.3) is 0 Å². The van der Waals surface area contributed by atoms with E-state index >= 15 is 0 Å². The van der Waals surface area contributed by atoms with Crippen molar-refractivity contribution in [3.05, 3.63) is 65.7 Å². The van der Waals surface area contributed by atoms with Crippen molar-refractivity contribution in [1.82, 2.24) is 0 Å². The Morgan fingerprint density at radius 2 is 1.55 bits per heavy atom. The zero-order chi connectivity index (χ0) is 14.2. The first-order chi connectivity index (χ1) is 9.74. The predicted octanol–water partition coefficient (Wildman–Crippen LogP) is 3.65. The Labute approximate surface area is 122 Å². The highest BCUT2D eigenvalue weighted by Crippen LogP contribution is 2.18. The summed E-state index contributed by atoms with van der Waals surface area (Å²) in [5.74, 6) is 6.04. The number of thioether (sulfide) groups is 1. The fourth-order valence-corrected chi connectivity index (χ4v) is 2.40. The molecule has 0 aliphatic rings. The molecule has 0 heterocycles. The van der Waals surface area contributed by atoms with E-state index in [4.69, 9.17) is 5.11 Å². The lowest BCUT2D eigenvalue weighted by molar-refractivity contribution is -0.136. The maximum atomic E-state index is 10.4. The normalized spacial score (nSPS) is 9.60. The van der Waals surface area contributed by atoms with Crippen molar-refractivity contribution in [2.24, 2.45) is 0 Å². The molecule has 0 unspecified atom stereocenters. The molecule has 0 aliphatic carbocycles. The smallest absolute Gasteiger partial charge is 0.304 e. The highest BCUT2D eigenvalue weighted by Gasteiger charge is 1.98. The average molecular weight is 282 g/mol. The number of carboxylic acids is 1. The molecule has 0 radical (unpaired) electrons. The summed E-state index contributed by atoms with van der Waals surface area (Å²) >= 11 is 1.54. The Morgan fingerprint density at radius 1 is 0.950 bits per heavy atom. The minimum absolute atomic E-state index is 0.181. The lowest BCUT2D eigenvalue weighted by Gasteiger charge is -1.99. The van der Waals surface area contributed by atoms with Crippen LogP contribution >= 0.6 is 11.8 Å². The largest absolute Gasteiger partial charge is 0.481 e. The molecule has 2 aromatic rings. The molecule has 3 heteroatoms. The van der Waals surface area contributed by atoms with Crippen molar-refractivity contribution in [2.45, 2.75) is 11.3 Å². The van der Waals surface area contributed by atoms with Crippen LogP contribution in [-0.2, 0) is 4.79 Å². The van der Waals surface area contributed by atoms with E-state index in [1.54, 1.807) is 11.8 Å². The van der Waals surface area contributed by atoms with Gasteiger partial charge in [0.2, 0.25) is 0 Å². The molecule has 2 aromatic carbocycles. The van der Waals surface area contributed by atoms with Crippen LogP contribution in [0.15, 0.2) is 59.5 Å². The van der Waals surface area contributed by atoms with Crippen LogP contribution in [0.5, 0.6) is 0 Å². The van der Waals surface area contributed by atoms with Crippen molar-refractivity contribution in [2.75, 3.05) is 5.75 Å². The van der Waals surface area contributed by atoms with Gasteiger partial charge >= 0.3 is 5.97 Å². The third-order valence-electron chi connectivity index (χ3n) is 2.56. The number of benzene rings is 2. The molecule has 0 atom stereocenters. The third-order valence-corrected chi connectivity index (χ3v) is 3.58. The second-order valence-electron chi connectivity index (χ2n) is 4.13. The van der Waals surface area contributed by atoms with E-state index in [2.05, 4.69) is 11.8 Å². The maximum absolute atomic E-state index is 10.4. The first-order valence-electron chi connectivity index (χ1n) is 6.26. The van der Waals surface area contributed by atoms with Gasteiger partial charge in [0.25, 0.3) is 0 Å². The van der Waals surface area contributed by atoms with Crippen LogP contribution in [-0.4, -0.2) is 16.8 Å². The number of hydrogen-bond donors (Lipinski definition) is 1. The van der Waals surface area contributed by atoms with Gasteiger partial charge in [-0.1, -0.05) is 30.0 Å². The Balaban J connectivity index is 1.95. The van der Waals surface area contributed by atoms with Gasteiger partial charge in [-0.2, -0.15) is 0 Å². The molecule has 0 saturated heterocycles. The second-order valence-corrected chi connectivity index (χ2v) is 5.30. The molecule has 0 aromatic heterocycles. The fraction of sp³-hybridized carbons (Fsp3) is 0.118. The molecular weight excluding hydrogens is 268 g/mol. The summed E-state index contributed by atoms with van der Waals surface area (Å²) in [5, 5.41) is 8.58. The molecular formula is C17H14O2S. The van der Waals surface area contributed by atoms with Crippen molar-refractivity contribution in [3.8, 4) is 11.8 Å². The van der Waals surface area contributed by atoms with E-state index in [1.165, 1.54) is 0 Å². The Kier molecular flexibility index (Phi) is 5.28. The van der Waals surface area contributed by atoms with Crippen molar-refractivity contribution >= 4 is 17.7 Å². The Hall–Kier alpha value is -2.18. The van der Waals surface area contributed by atoms with Crippen molar-refractivity contribution < 1.29 is 9.90 Å².